The molecule has 0 aromatic heterocycles. The molecule has 0 aliphatic heterocycles. The molecule has 0 spiro atoms. The summed E-state index contributed by atoms with van der Waals surface area (Å²) in [6.45, 7) is 2.32. The van der Waals surface area contributed by atoms with Crippen LogP contribution in [-0.4, -0.2) is 13.7 Å². The first-order valence-corrected chi connectivity index (χ1v) is 6.77. The van der Waals surface area contributed by atoms with Crippen molar-refractivity contribution in [2.24, 2.45) is 5.73 Å². The average molecular weight is 292 g/mol. The third kappa shape index (κ3) is 3.44. The maximum absolute atomic E-state index is 6.15. The number of hydrogen-bond acceptors (Lipinski definition) is 3. The minimum atomic E-state index is -0.275. The summed E-state index contributed by atoms with van der Waals surface area (Å²) in [7, 11) is 1.63. The monoisotopic (exact) mass is 291 g/mol. The van der Waals surface area contributed by atoms with Gasteiger partial charge in [-0.2, -0.15) is 0 Å². The van der Waals surface area contributed by atoms with Gasteiger partial charge in [-0.25, -0.2) is 0 Å². The van der Waals surface area contributed by atoms with Gasteiger partial charge in [0.2, 0.25) is 0 Å². The molecule has 0 fully saturated rings. The molecule has 1 atom stereocenters. The molecule has 4 heteroatoms. The molecule has 20 heavy (non-hydrogen) atoms. The molecule has 0 saturated carbocycles. The van der Waals surface area contributed by atoms with E-state index in [2.05, 4.69) is 0 Å². The van der Waals surface area contributed by atoms with Gasteiger partial charge in [0.15, 0.2) is 0 Å². The molecule has 1 unspecified atom stereocenters. The number of para-hydroxylation sites is 1. The van der Waals surface area contributed by atoms with E-state index in [-0.39, 0.29) is 6.04 Å². The number of methoxy groups -OCH3 is 1. The van der Waals surface area contributed by atoms with E-state index in [9.17, 15) is 0 Å². The second-order valence-corrected chi connectivity index (χ2v) is 5.00. The Labute approximate surface area is 124 Å². The minimum absolute atomic E-state index is 0.275. The van der Waals surface area contributed by atoms with E-state index in [0.29, 0.717) is 17.4 Å². The van der Waals surface area contributed by atoms with Crippen LogP contribution in [0.2, 0.25) is 5.02 Å². The van der Waals surface area contributed by atoms with Gasteiger partial charge < -0.3 is 15.2 Å². The van der Waals surface area contributed by atoms with Crippen LogP contribution in [0, 0.1) is 6.92 Å². The molecule has 0 amide bonds. The van der Waals surface area contributed by atoms with E-state index in [4.69, 9.17) is 26.8 Å². The number of benzene rings is 2. The van der Waals surface area contributed by atoms with Crippen molar-refractivity contribution in [3.8, 4) is 11.5 Å². The van der Waals surface area contributed by atoms with Gasteiger partial charge >= 0.3 is 0 Å². The maximum Gasteiger partial charge on any atom is 0.138 e. The van der Waals surface area contributed by atoms with Crippen LogP contribution in [0.1, 0.15) is 17.2 Å². The highest BCUT2D eigenvalue weighted by Crippen LogP contribution is 2.28. The quantitative estimate of drug-likeness (QED) is 0.913. The molecule has 0 saturated heterocycles. The number of rotatable bonds is 5. The second kappa shape index (κ2) is 6.64. The summed E-state index contributed by atoms with van der Waals surface area (Å²) in [5.41, 5.74) is 8.16. The fraction of sp³-hybridized carbons (Fsp3) is 0.250. The summed E-state index contributed by atoms with van der Waals surface area (Å²) < 4.78 is 11.0. The lowest BCUT2D eigenvalue weighted by Crippen LogP contribution is -2.19. The van der Waals surface area contributed by atoms with E-state index < -0.39 is 0 Å². The van der Waals surface area contributed by atoms with Gasteiger partial charge in [-0.3, -0.25) is 0 Å². The number of nitrogens with two attached hydrogens (primary N) is 1. The minimum Gasteiger partial charge on any atom is -0.496 e. The molecule has 0 heterocycles. The maximum atomic E-state index is 6.15. The summed E-state index contributed by atoms with van der Waals surface area (Å²) in [5.74, 6) is 1.40. The van der Waals surface area contributed by atoms with Crippen LogP contribution >= 0.6 is 11.6 Å². The van der Waals surface area contributed by atoms with Crippen molar-refractivity contribution in [3.63, 3.8) is 0 Å². The van der Waals surface area contributed by atoms with Gasteiger partial charge in [-0.05, 0) is 30.7 Å². The number of hydrogen-bond donors (Lipinski definition) is 1. The molecule has 0 aliphatic carbocycles. The fourth-order valence-corrected chi connectivity index (χ4v) is 2.25. The lowest BCUT2D eigenvalue weighted by molar-refractivity contribution is 0.286. The van der Waals surface area contributed by atoms with E-state index >= 15 is 0 Å². The van der Waals surface area contributed by atoms with Crippen molar-refractivity contribution < 1.29 is 9.47 Å². The summed E-state index contributed by atoms with van der Waals surface area (Å²) in [4.78, 5) is 0. The zero-order valence-electron chi connectivity index (χ0n) is 11.6. The summed E-state index contributed by atoms with van der Waals surface area (Å²) in [5, 5.41) is 0.595. The molecule has 2 aromatic rings. The van der Waals surface area contributed by atoms with Crippen LogP contribution in [0.15, 0.2) is 42.5 Å². The molecule has 2 aromatic carbocycles. The van der Waals surface area contributed by atoms with Crippen LogP contribution in [0.3, 0.4) is 0 Å². The number of ether oxygens (including phenoxy) is 2. The van der Waals surface area contributed by atoms with Crippen LogP contribution in [0.25, 0.3) is 0 Å². The van der Waals surface area contributed by atoms with E-state index in [1.165, 1.54) is 0 Å². The Hall–Kier alpha value is -1.71. The number of aryl methyl sites for hydroxylation is 1. The van der Waals surface area contributed by atoms with Gasteiger partial charge in [0.25, 0.3) is 0 Å². The highest BCUT2D eigenvalue weighted by molar-refractivity contribution is 6.32. The Kier molecular flexibility index (Phi) is 4.88. The topological polar surface area (TPSA) is 44.5 Å². The molecule has 0 radical (unpaired) electrons. The molecule has 0 aliphatic rings. The fourth-order valence-electron chi connectivity index (χ4n) is 1.97. The average Bonchev–Trinajstić information content (AvgIpc) is 2.46. The number of halogens is 1. The Bertz CT molecular complexity index is 586. The normalized spacial score (nSPS) is 12.0. The summed E-state index contributed by atoms with van der Waals surface area (Å²) in [6, 6.07) is 13.1. The summed E-state index contributed by atoms with van der Waals surface area (Å²) >= 11 is 6.13. The van der Waals surface area contributed by atoms with Gasteiger partial charge in [0.05, 0.1) is 18.2 Å². The smallest absolute Gasteiger partial charge is 0.138 e. The van der Waals surface area contributed by atoms with Gasteiger partial charge in [-0.1, -0.05) is 35.9 Å². The summed E-state index contributed by atoms with van der Waals surface area (Å²) in [6.07, 6.45) is 0. The second-order valence-electron chi connectivity index (χ2n) is 4.59. The van der Waals surface area contributed by atoms with Crippen LogP contribution in [-0.2, 0) is 0 Å². The lowest BCUT2D eigenvalue weighted by atomic mass is 10.1. The van der Waals surface area contributed by atoms with Gasteiger partial charge in [-0.15, -0.1) is 0 Å². The third-order valence-corrected chi connectivity index (χ3v) is 3.34. The van der Waals surface area contributed by atoms with Gasteiger partial charge in [0, 0.05) is 5.56 Å². The van der Waals surface area contributed by atoms with E-state index in [1.54, 1.807) is 7.11 Å². The lowest BCUT2D eigenvalue weighted by Gasteiger charge is -2.17. The largest absolute Gasteiger partial charge is 0.496 e. The Morgan fingerprint density at radius 1 is 1.15 bits per heavy atom. The van der Waals surface area contributed by atoms with E-state index in [1.807, 2.05) is 49.4 Å². The van der Waals surface area contributed by atoms with Crippen molar-refractivity contribution in [3.05, 3.63) is 58.6 Å². The van der Waals surface area contributed by atoms with Crippen molar-refractivity contribution in [2.75, 3.05) is 13.7 Å². The predicted octanol–water partition coefficient (Wildman–Crippen LogP) is 3.74. The molecule has 0 bridgehead atoms. The standard InChI is InChI=1S/C16H18ClNO2/c1-11-7-8-16(13(17)9-11)20-10-14(18)12-5-3-4-6-15(12)19-2/h3-9,14H,10,18H2,1-2H3. The van der Waals surface area contributed by atoms with Crippen LogP contribution in [0.5, 0.6) is 11.5 Å². The molecule has 3 nitrogen and oxygen atoms in total. The molecular formula is C16H18ClNO2. The highest BCUT2D eigenvalue weighted by Gasteiger charge is 2.13. The molecular weight excluding hydrogens is 274 g/mol. The SMILES string of the molecule is COc1ccccc1C(N)COc1ccc(C)cc1Cl. The predicted molar refractivity (Wildman–Crippen MR) is 81.6 cm³/mol. The first kappa shape index (κ1) is 14.7. The molecule has 106 valence electrons. The zero-order chi connectivity index (χ0) is 14.5. The highest BCUT2D eigenvalue weighted by atomic mass is 35.5. The van der Waals surface area contributed by atoms with Crippen molar-refractivity contribution in [2.45, 2.75) is 13.0 Å². The van der Waals surface area contributed by atoms with Crippen molar-refractivity contribution in [1.82, 2.24) is 0 Å². The molecule has 2 rings (SSSR count). The molecule has 2 N–H and O–H groups in total. The Morgan fingerprint density at radius 3 is 2.60 bits per heavy atom. The first-order chi connectivity index (χ1) is 9.61. The third-order valence-electron chi connectivity index (χ3n) is 3.04. The van der Waals surface area contributed by atoms with Crippen molar-refractivity contribution in [1.29, 1.82) is 0 Å². The Balaban J connectivity index is 2.06. The van der Waals surface area contributed by atoms with E-state index in [0.717, 1.165) is 16.9 Å². The van der Waals surface area contributed by atoms with Crippen LogP contribution < -0.4 is 15.2 Å². The zero-order valence-corrected chi connectivity index (χ0v) is 12.4. The van der Waals surface area contributed by atoms with Gasteiger partial charge in [0.1, 0.15) is 18.1 Å². The first-order valence-electron chi connectivity index (χ1n) is 6.39. The van der Waals surface area contributed by atoms with Crippen molar-refractivity contribution >= 4 is 11.6 Å². The Morgan fingerprint density at radius 2 is 1.90 bits per heavy atom. The van der Waals surface area contributed by atoms with Crippen LogP contribution in [0.4, 0.5) is 0 Å².